The Kier molecular flexibility index (Phi) is 3.91. The highest BCUT2D eigenvalue weighted by atomic mass is 32.2. The maximum Gasteiger partial charge on any atom is 0.268 e. The van der Waals surface area contributed by atoms with Crippen LogP contribution in [-0.2, 0) is 5.75 Å². The first-order chi connectivity index (χ1) is 11.4. The smallest absolute Gasteiger partial charge is 0.268 e. The van der Waals surface area contributed by atoms with Crippen LogP contribution < -0.4 is 0 Å². The molecule has 0 aliphatic carbocycles. The van der Waals surface area contributed by atoms with Crippen LogP contribution in [0.4, 0.5) is 0 Å². The van der Waals surface area contributed by atoms with E-state index in [4.69, 9.17) is 4.52 Å². The molecule has 3 aromatic heterocycles. The number of hydrogen-bond donors (Lipinski definition) is 1. The van der Waals surface area contributed by atoms with Gasteiger partial charge in [-0.25, -0.2) is 4.98 Å². The Hall–Kier alpha value is -2.45. The molecule has 0 amide bonds. The zero-order chi connectivity index (χ0) is 15.5. The molecule has 1 aromatic carbocycles. The molecule has 4 aromatic rings. The van der Waals surface area contributed by atoms with E-state index >= 15 is 0 Å². The third-order valence-corrected chi connectivity index (χ3v) is 4.74. The van der Waals surface area contributed by atoms with Gasteiger partial charge in [0.25, 0.3) is 5.89 Å². The van der Waals surface area contributed by atoms with Gasteiger partial charge in [-0.3, -0.25) is 5.10 Å². The molecule has 0 aliphatic rings. The monoisotopic (exact) mass is 341 g/mol. The number of thiophene rings is 1. The molecular weight excluding hydrogens is 330 g/mol. The predicted octanol–water partition coefficient (Wildman–Crippen LogP) is 3.88. The molecule has 0 saturated carbocycles. The largest absolute Gasteiger partial charge is 0.333 e. The summed E-state index contributed by atoms with van der Waals surface area (Å²) in [6.45, 7) is 0. The van der Waals surface area contributed by atoms with E-state index in [1.165, 1.54) is 11.8 Å². The second-order valence-electron chi connectivity index (χ2n) is 4.61. The molecule has 0 aliphatic heterocycles. The molecule has 0 saturated heterocycles. The number of rotatable bonds is 5. The van der Waals surface area contributed by atoms with Crippen molar-refractivity contribution in [3.05, 3.63) is 53.7 Å². The fourth-order valence-electron chi connectivity index (χ4n) is 1.98. The van der Waals surface area contributed by atoms with E-state index in [0.29, 0.717) is 22.6 Å². The highest BCUT2D eigenvalue weighted by molar-refractivity contribution is 7.98. The Balaban J connectivity index is 1.43. The molecule has 0 atom stereocenters. The summed E-state index contributed by atoms with van der Waals surface area (Å²) >= 11 is 3.04. The van der Waals surface area contributed by atoms with Crippen LogP contribution in [0.3, 0.4) is 0 Å². The van der Waals surface area contributed by atoms with Crippen LogP contribution in [0.1, 0.15) is 5.82 Å². The topological polar surface area (TPSA) is 80.5 Å². The maximum atomic E-state index is 5.26. The first kappa shape index (κ1) is 14.2. The number of nitrogens with zero attached hydrogens (tertiary/aromatic N) is 4. The summed E-state index contributed by atoms with van der Waals surface area (Å²) in [5, 5.41) is 13.8. The third kappa shape index (κ3) is 3.17. The van der Waals surface area contributed by atoms with Gasteiger partial charge < -0.3 is 4.52 Å². The zero-order valence-electron chi connectivity index (χ0n) is 11.8. The fraction of sp³-hybridized carbons (Fsp3) is 0.0667. The van der Waals surface area contributed by atoms with Crippen LogP contribution in [0.25, 0.3) is 22.2 Å². The second kappa shape index (κ2) is 6.35. The Bertz CT molecular complexity index is 886. The van der Waals surface area contributed by atoms with Crippen molar-refractivity contribution in [3.8, 4) is 22.2 Å². The number of thioether (sulfide) groups is 1. The van der Waals surface area contributed by atoms with Gasteiger partial charge in [0.2, 0.25) is 5.16 Å². The van der Waals surface area contributed by atoms with Crippen molar-refractivity contribution in [3.63, 3.8) is 0 Å². The summed E-state index contributed by atoms with van der Waals surface area (Å²) in [4.78, 5) is 9.81. The van der Waals surface area contributed by atoms with Gasteiger partial charge in [-0.1, -0.05) is 53.3 Å². The molecule has 4 rings (SSSR count). The molecule has 0 unspecified atom stereocenters. The van der Waals surface area contributed by atoms with Crippen molar-refractivity contribution >= 4 is 23.1 Å². The lowest BCUT2D eigenvalue weighted by molar-refractivity contribution is 0.426. The zero-order valence-corrected chi connectivity index (χ0v) is 13.5. The second-order valence-corrected chi connectivity index (χ2v) is 6.50. The molecule has 23 heavy (non-hydrogen) atoms. The molecule has 6 nitrogen and oxygen atoms in total. The van der Waals surface area contributed by atoms with Crippen LogP contribution in [0, 0.1) is 0 Å². The number of hydrogen-bond acceptors (Lipinski definition) is 7. The molecule has 1 N–H and O–H groups in total. The molecule has 8 heteroatoms. The van der Waals surface area contributed by atoms with E-state index in [1.54, 1.807) is 11.3 Å². The van der Waals surface area contributed by atoms with E-state index in [0.717, 1.165) is 16.3 Å². The third-order valence-electron chi connectivity index (χ3n) is 3.04. The first-order valence-corrected chi connectivity index (χ1v) is 8.72. The van der Waals surface area contributed by atoms with Gasteiger partial charge in [-0.15, -0.1) is 16.4 Å². The Morgan fingerprint density at radius 2 is 2.00 bits per heavy atom. The summed E-state index contributed by atoms with van der Waals surface area (Å²) in [6, 6.07) is 13.8. The molecule has 0 spiro atoms. The van der Waals surface area contributed by atoms with E-state index in [1.807, 2.05) is 47.8 Å². The van der Waals surface area contributed by atoms with E-state index < -0.39 is 0 Å². The van der Waals surface area contributed by atoms with Gasteiger partial charge in [0.05, 0.1) is 10.6 Å². The van der Waals surface area contributed by atoms with Gasteiger partial charge >= 0.3 is 0 Å². The molecular formula is C15H11N5OS2. The highest BCUT2D eigenvalue weighted by Crippen LogP contribution is 2.25. The lowest BCUT2D eigenvalue weighted by atomic mass is 10.2. The summed E-state index contributed by atoms with van der Waals surface area (Å²) in [5.74, 6) is 2.49. The summed E-state index contributed by atoms with van der Waals surface area (Å²) < 4.78 is 5.26. The van der Waals surface area contributed by atoms with Gasteiger partial charge in [-0.05, 0) is 11.4 Å². The summed E-state index contributed by atoms with van der Waals surface area (Å²) in [5.41, 5.74) is 1.01. The van der Waals surface area contributed by atoms with Gasteiger partial charge in [0.1, 0.15) is 0 Å². The molecule has 0 fully saturated rings. The number of aromatic amines is 1. The van der Waals surface area contributed by atoms with Crippen molar-refractivity contribution in [2.24, 2.45) is 0 Å². The van der Waals surface area contributed by atoms with E-state index in [9.17, 15) is 0 Å². The van der Waals surface area contributed by atoms with Crippen LogP contribution in [-0.4, -0.2) is 25.3 Å². The molecule has 114 valence electrons. The average Bonchev–Trinajstić information content (AvgIpc) is 3.33. The SMILES string of the molecule is c1ccc(-c2nc(SCc3noc(-c4cccs4)n3)n[nH]2)cc1. The predicted molar refractivity (Wildman–Crippen MR) is 89.0 cm³/mol. The lowest BCUT2D eigenvalue weighted by Crippen LogP contribution is -1.85. The van der Waals surface area contributed by atoms with Crippen molar-refractivity contribution in [1.29, 1.82) is 0 Å². The van der Waals surface area contributed by atoms with Crippen molar-refractivity contribution in [2.75, 3.05) is 0 Å². The molecule has 3 heterocycles. The lowest BCUT2D eigenvalue weighted by Gasteiger charge is -1.92. The number of benzene rings is 1. The minimum absolute atomic E-state index is 0.551. The minimum Gasteiger partial charge on any atom is -0.333 e. The van der Waals surface area contributed by atoms with Gasteiger partial charge in [0.15, 0.2) is 11.6 Å². The maximum absolute atomic E-state index is 5.26. The van der Waals surface area contributed by atoms with Crippen LogP contribution >= 0.6 is 23.1 Å². The van der Waals surface area contributed by atoms with Crippen molar-refractivity contribution in [1.82, 2.24) is 25.3 Å². The van der Waals surface area contributed by atoms with Gasteiger partial charge in [0, 0.05) is 5.56 Å². The Morgan fingerprint density at radius 3 is 2.83 bits per heavy atom. The summed E-state index contributed by atoms with van der Waals surface area (Å²) in [6.07, 6.45) is 0. The van der Waals surface area contributed by atoms with Crippen LogP contribution in [0.15, 0.2) is 57.5 Å². The number of nitrogens with one attached hydrogen (secondary N) is 1. The molecule has 0 radical (unpaired) electrons. The normalized spacial score (nSPS) is 11.0. The average molecular weight is 341 g/mol. The Morgan fingerprint density at radius 1 is 1.09 bits per heavy atom. The van der Waals surface area contributed by atoms with E-state index in [-0.39, 0.29) is 0 Å². The van der Waals surface area contributed by atoms with Crippen molar-refractivity contribution < 1.29 is 4.52 Å². The summed E-state index contributed by atoms with van der Waals surface area (Å²) in [7, 11) is 0. The van der Waals surface area contributed by atoms with Crippen molar-refractivity contribution in [2.45, 2.75) is 10.9 Å². The standard InChI is InChI=1S/C15H11N5OS2/c1-2-5-10(6-3-1)13-17-15(19-18-13)23-9-12-16-14(21-20-12)11-7-4-8-22-11/h1-8H,9H2,(H,17,18,19). The highest BCUT2D eigenvalue weighted by Gasteiger charge is 2.11. The number of aromatic nitrogens is 5. The van der Waals surface area contributed by atoms with Gasteiger partial charge in [-0.2, -0.15) is 4.98 Å². The molecule has 0 bridgehead atoms. The number of H-pyrrole nitrogens is 1. The van der Waals surface area contributed by atoms with E-state index in [2.05, 4.69) is 25.3 Å². The Labute approximate surface area is 140 Å². The first-order valence-electron chi connectivity index (χ1n) is 6.85. The van der Waals surface area contributed by atoms with Crippen LogP contribution in [0.5, 0.6) is 0 Å². The fourth-order valence-corrected chi connectivity index (χ4v) is 3.26. The minimum atomic E-state index is 0.551. The quantitative estimate of drug-likeness (QED) is 0.555. The van der Waals surface area contributed by atoms with Crippen LogP contribution in [0.2, 0.25) is 0 Å².